The standard InChI is InChI=1S/C15H21N5/c1-3-20-15(14(16)11(2)18-20)19-10-4-5-13(19)12-6-8-17-9-7-12/h6-9,13H,3-5,10,16H2,1-2H3. The Labute approximate surface area is 119 Å². The predicted molar refractivity (Wildman–Crippen MR) is 80.6 cm³/mol. The van der Waals surface area contributed by atoms with Crippen LogP contribution in [0.4, 0.5) is 11.5 Å². The van der Waals surface area contributed by atoms with Crippen LogP contribution < -0.4 is 10.6 Å². The van der Waals surface area contributed by atoms with Crippen molar-refractivity contribution < 1.29 is 0 Å². The normalized spacial score (nSPS) is 18.7. The number of hydrogen-bond donors (Lipinski definition) is 1. The molecule has 20 heavy (non-hydrogen) atoms. The Morgan fingerprint density at radius 2 is 2.10 bits per heavy atom. The molecule has 2 aromatic rings. The van der Waals surface area contributed by atoms with Gasteiger partial charge in [0.15, 0.2) is 5.82 Å². The molecule has 0 aromatic carbocycles. The van der Waals surface area contributed by atoms with Gasteiger partial charge in [0.1, 0.15) is 0 Å². The molecule has 2 aromatic heterocycles. The zero-order chi connectivity index (χ0) is 14.1. The van der Waals surface area contributed by atoms with Gasteiger partial charge >= 0.3 is 0 Å². The molecule has 1 fully saturated rings. The Morgan fingerprint density at radius 1 is 1.35 bits per heavy atom. The molecule has 0 amide bonds. The van der Waals surface area contributed by atoms with Crippen LogP contribution in [-0.2, 0) is 6.54 Å². The molecule has 2 N–H and O–H groups in total. The van der Waals surface area contributed by atoms with Crippen LogP contribution in [0, 0.1) is 6.92 Å². The van der Waals surface area contributed by atoms with E-state index < -0.39 is 0 Å². The van der Waals surface area contributed by atoms with Gasteiger partial charge in [-0.3, -0.25) is 4.98 Å². The maximum Gasteiger partial charge on any atom is 0.151 e. The van der Waals surface area contributed by atoms with Crippen LogP contribution >= 0.6 is 0 Å². The lowest BCUT2D eigenvalue weighted by Crippen LogP contribution is -2.26. The Bertz CT molecular complexity index is 590. The summed E-state index contributed by atoms with van der Waals surface area (Å²) >= 11 is 0. The van der Waals surface area contributed by atoms with Gasteiger partial charge in [-0.25, -0.2) is 4.68 Å². The number of pyridine rings is 1. The summed E-state index contributed by atoms with van der Waals surface area (Å²) in [6.07, 6.45) is 6.05. The summed E-state index contributed by atoms with van der Waals surface area (Å²) in [6, 6.07) is 4.57. The average molecular weight is 271 g/mol. The van der Waals surface area contributed by atoms with Gasteiger partial charge < -0.3 is 10.6 Å². The second-order valence-corrected chi connectivity index (χ2v) is 5.27. The van der Waals surface area contributed by atoms with Crippen molar-refractivity contribution in [3.8, 4) is 0 Å². The van der Waals surface area contributed by atoms with Crippen LogP contribution in [0.15, 0.2) is 24.5 Å². The molecule has 5 heteroatoms. The molecule has 0 radical (unpaired) electrons. The predicted octanol–water partition coefficient (Wildman–Crippen LogP) is 2.53. The van der Waals surface area contributed by atoms with Gasteiger partial charge in [0.05, 0.1) is 17.4 Å². The minimum Gasteiger partial charge on any atom is -0.394 e. The molecule has 0 bridgehead atoms. The van der Waals surface area contributed by atoms with Crippen molar-refractivity contribution in [3.63, 3.8) is 0 Å². The molecule has 0 aliphatic carbocycles. The summed E-state index contributed by atoms with van der Waals surface area (Å²) in [6.45, 7) is 5.95. The van der Waals surface area contributed by atoms with Crippen molar-refractivity contribution in [2.45, 2.75) is 39.3 Å². The number of aromatic nitrogens is 3. The van der Waals surface area contributed by atoms with Gasteiger partial charge in [-0.1, -0.05) is 0 Å². The van der Waals surface area contributed by atoms with Crippen LogP contribution in [0.1, 0.15) is 37.1 Å². The monoisotopic (exact) mass is 271 g/mol. The van der Waals surface area contributed by atoms with Gasteiger partial charge in [-0.2, -0.15) is 5.10 Å². The highest BCUT2D eigenvalue weighted by Crippen LogP contribution is 2.39. The molecule has 5 nitrogen and oxygen atoms in total. The molecule has 0 spiro atoms. The third kappa shape index (κ3) is 2.03. The highest BCUT2D eigenvalue weighted by atomic mass is 15.4. The first-order chi connectivity index (χ1) is 9.72. The molecular formula is C15H21N5. The van der Waals surface area contributed by atoms with E-state index in [0.29, 0.717) is 6.04 Å². The summed E-state index contributed by atoms with van der Waals surface area (Å²) < 4.78 is 2.02. The van der Waals surface area contributed by atoms with E-state index in [-0.39, 0.29) is 0 Å². The molecule has 1 saturated heterocycles. The second kappa shape index (κ2) is 5.15. The fourth-order valence-electron chi connectivity index (χ4n) is 3.06. The zero-order valence-electron chi connectivity index (χ0n) is 12.1. The summed E-state index contributed by atoms with van der Waals surface area (Å²) in [5.74, 6) is 1.07. The van der Waals surface area contributed by atoms with Crippen LogP contribution in [-0.4, -0.2) is 21.3 Å². The van der Waals surface area contributed by atoms with E-state index in [0.717, 1.165) is 36.7 Å². The van der Waals surface area contributed by atoms with Gasteiger partial charge in [-0.15, -0.1) is 0 Å². The quantitative estimate of drug-likeness (QED) is 0.932. The van der Waals surface area contributed by atoms with Crippen molar-refractivity contribution in [1.82, 2.24) is 14.8 Å². The first-order valence-electron chi connectivity index (χ1n) is 7.21. The molecule has 3 rings (SSSR count). The lowest BCUT2D eigenvalue weighted by molar-refractivity contribution is 0.618. The van der Waals surface area contributed by atoms with E-state index in [1.165, 1.54) is 12.0 Å². The van der Waals surface area contributed by atoms with Crippen molar-refractivity contribution in [3.05, 3.63) is 35.8 Å². The lowest BCUT2D eigenvalue weighted by atomic mass is 10.1. The second-order valence-electron chi connectivity index (χ2n) is 5.27. The SMILES string of the molecule is CCn1nc(C)c(N)c1N1CCCC1c1ccncc1. The Kier molecular flexibility index (Phi) is 3.34. The molecular weight excluding hydrogens is 250 g/mol. The topological polar surface area (TPSA) is 60.0 Å². The average Bonchev–Trinajstić information content (AvgIpc) is 3.05. The van der Waals surface area contributed by atoms with Crippen molar-refractivity contribution in [2.24, 2.45) is 0 Å². The number of anilines is 2. The minimum atomic E-state index is 0.377. The largest absolute Gasteiger partial charge is 0.394 e. The Hall–Kier alpha value is -2.04. The minimum absolute atomic E-state index is 0.377. The fourth-order valence-corrected chi connectivity index (χ4v) is 3.06. The summed E-state index contributed by atoms with van der Waals surface area (Å²) in [5.41, 5.74) is 9.30. The molecule has 106 valence electrons. The van der Waals surface area contributed by atoms with Crippen LogP contribution in [0.5, 0.6) is 0 Å². The zero-order valence-corrected chi connectivity index (χ0v) is 12.1. The molecule has 0 saturated carbocycles. The van der Waals surface area contributed by atoms with Crippen LogP contribution in [0.3, 0.4) is 0 Å². The number of nitrogen functional groups attached to an aromatic ring is 1. The summed E-state index contributed by atoms with van der Waals surface area (Å²) in [5, 5.41) is 4.54. The van der Waals surface area contributed by atoms with Gasteiger partial charge in [0, 0.05) is 25.5 Å². The molecule has 1 aliphatic rings. The fraction of sp³-hybridized carbons (Fsp3) is 0.467. The van der Waals surface area contributed by atoms with E-state index >= 15 is 0 Å². The highest BCUT2D eigenvalue weighted by Gasteiger charge is 2.30. The van der Waals surface area contributed by atoms with E-state index in [4.69, 9.17) is 5.73 Å². The third-order valence-electron chi connectivity index (χ3n) is 4.06. The van der Waals surface area contributed by atoms with E-state index in [9.17, 15) is 0 Å². The molecule has 3 heterocycles. The molecule has 1 atom stereocenters. The number of nitrogens with two attached hydrogens (primary N) is 1. The Morgan fingerprint density at radius 3 is 2.80 bits per heavy atom. The number of rotatable bonds is 3. The summed E-state index contributed by atoms with van der Waals surface area (Å²) in [4.78, 5) is 6.51. The first-order valence-corrected chi connectivity index (χ1v) is 7.21. The van der Waals surface area contributed by atoms with Crippen LogP contribution in [0.25, 0.3) is 0 Å². The van der Waals surface area contributed by atoms with Gasteiger partial charge in [0.2, 0.25) is 0 Å². The van der Waals surface area contributed by atoms with Gasteiger partial charge in [-0.05, 0) is 44.4 Å². The molecule has 1 aliphatic heterocycles. The maximum absolute atomic E-state index is 6.26. The van der Waals surface area contributed by atoms with E-state index in [1.54, 1.807) is 0 Å². The Balaban J connectivity index is 2.01. The van der Waals surface area contributed by atoms with Crippen molar-refractivity contribution in [1.29, 1.82) is 0 Å². The number of hydrogen-bond acceptors (Lipinski definition) is 4. The smallest absolute Gasteiger partial charge is 0.151 e. The molecule has 1 unspecified atom stereocenters. The van der Waals surface area contributed by atoms with Crippen molar-refractivity contribution in [2.75, 3.05) is 17.2 Å². The van der Waals surface area contributed by atoms with Gasteiger partial charge in [0.25, 0.3) is 0 Å². The highest BCUT2D eigenvalue weighted by molar-refractivity contribution is 5.67. The van der Waals surface area contributed by atoms with E-state index in [1.807, 2.05) is 24.0 Å². The summed E-state index contributed by atoms with van der Waals surface area (Å²) in [7, 11) is 0. The van der Waals surface area contributed by atoms with E-state index in [2.05, 4.69) is 34.0 Å². The number of aryl methyl sites for hydroxylation is 2. The first kappa shape index (κ1) is 13.0. The maximum atomic E-state index is 6.26. The van der Waals surface area contributed by atoms with Crippen molar-refractivity contribution >= 4 is 11.5 Å². The van der Waals surface area contributed by atoms with Crippen LogP contribution in [0.2, 0.25) is 0 Å². The number of nitrogens with zero attached hydrogens (tertiary/aromatic N) is 4. The third-order valence-corrected chi connectivity index (χ3v) is 4.06. The lowest BCUT2D eigenvalue weighted by Gasteiger charge is -2.27.